The van der Waals surface area contributed by atoms with Crippen LogP contribution in [0.4, 0.5) is 0 Å². The number of nitrogens with zero attached hydrogens (tertiary/aromatic N) is 2. The number of imidazole rings is 1. The molecule has 1 heterocycles. The molecule has 1 aromatic rings. The highest BCUT2D eigenvalue weighted by Crippen LogP contribution is 2.45. The SMILES string of the molecule is CC(CN)(C1CC1)n1cncc1C1CCCCC1. The first-order valence-electron chi connectivity index (χ1n) is 7.48. The van der Waals surface area contributed by atoms with Gasteiger partial charge in [0.2, 0.25) is 0 Å². The van der Waals surface area contributed by atoms with Crippen LogP contribution in [0.2, 0.25) is 0 Å². The van der Waals surface area contributed by atoms with Gasteiger partial charge in [0.05, 0.1) is 11.9 Å². The second-order valence-corrected chi connectivity index (χ2v) is 6.36. The summed E-state index contributed by atoms with van der Waals surface area (Å²) < 4.78 is 2.42. The maximum Gasteiger partial charge on any atom is 0.0953 e. The highest BCUT2D eigenvalue weighted by atomic mass is 15.1. The molecule has 2 fully saturated rings. The van der Waals surface area contributed by atoms with Crippen LogP contribution in [0.5, 0.6) is 0 Å². The molecule has 1 aromatic heterocycles. The molecule has 3 heteroatoms. The van der Waals surface area contributed by atoms with Crippen LogP contribution in [0.15, 0.2) is 12.5 Å². The molecule has 100 valence electrons. The van der Waals surface area contributed by atoms with Gasteiger partial charge in [-0.1, -0.05) is 19.3 Å². The molecule has 0 aliphatic heterocycles. The van der Waals surface area contributed by atoms with Crippen molar-refractivity contribution in [2.75, 3.05) is 6.54 Å². The summed E-state index contributed by atoms with van der Waals surface area (Å²) in [4.78, 5) is 4.43. The second-order valence-electron chi connectivity index (χ2n) is 6.36. The Morgan fingerprint density at radius 3 is 2.61 bits per heavy atom. The van der Waals surface area contributed by atoms with Crippen LogP contribution >= 0.6 is 0 Å². The number of hydrogen-bond acceptors (Lipinski definition) is 2. The lowest BCUT2D eigenvalue weighted by atomic mass is 9.85. The van der Waals surface area contributed by atoms with Crippen molar-refractivity contribution in [3.05, 3.63) is 18.2 Å². The van der Waals surface area contributed by atoms with Gasteiger partial charge in [0, 0.05) is 24.4 Å². The van der Waals surface area contributed by atoms with Crippen LogP contribution in [0, 0.1) is 5.92 Å². The van der Waals surface area contributed by atoms with Crippen LogP contribution in [0.25, 0.3) is 0 Å². The molecule has 2 aliphatic rings. The lowest BCUT2D eigenvalue weighted by molar-refractivity contribution is 0.263. The van der Waals surface area contributed by atoms with Crippen LogP contribution in [0.1, 0.15) is 63.5 Å². The van der Waals surface area contributed by atoms with Crippen molar-refractivity contribution in [3.63, 3.8) is 0 Å². The van der Waals surface area contributed by atoms with E-state index in [9.17, 15) is 0 Å². The molecule has 0 amide bonds. The lowest BCUT2D eigenvalue weighted by Crippen LogP contribution is -2.41. The van der Waals surface area contributed by atoms with Crippen molar-refractivity contribution in [3.8, 4) is 0 Å². The second kappa shape index (κ2) is 4.69. The molecule has 0 bridgehead atoms. The van der Waals surface area contributed by atoms with Crippen molar-refractivity contribution in [1.82, 2.24) is 9.55 Å². The van der Waals surface area contributed by atoms with Crippen LogP contribution < -0.4 is 5.73 Å². The largest absolute Gasteiger partial charge is 0.328 e. The van der Waals surface area contributed by atoms with E-state index in [0.717, 1.165) is 12.5 Å². The molecule has 3 rings (SSSR count). The normalized spacial score (nSPS) is 25.0. The monoisotopic (exact) mass is 247 g/mol. The third kappa shape index (κ3) is 1.99. The zero-order valence-electron chi connectivity index (χ0n) is 11.4. The summed E-state index contributed by atoms with van der Waals surface area (Å²) in [6.07, 6.45) is 13.6. The number of aromatic nitrogens is 2. The van der Waals surface area contributed by atoms with E-state index in [2.05, 4.69) is 22.7 Å². The Hall–Kier alpha value is -0.830. The predicted octanol–water partition coefficient (Wildman–Crippen LogP) is 3.01. The Morgan fingerprint density at radius 1 is 1.28 bits per heavy atom. The van der Waals surface area contributed by atoms with Crippen molar-refractivity contribution in [2.24, 2.45) is 11.7 Å². The average molecular weight is 247 g/mol. The first-order valence-corrected chi connectivity index (χ1v) is 7.48. The van der Waals surface area contributed by atoms with Gasteiger partial charge in [0.1, 0.15) is 0 Å². The molecule has 1 atom stereocenters. The van der Waals surface area contributed by atoms with E-state index in [1.54, 1.807) is 0 Å². The molecule has 3 nitrogen and oxygen atoms in total. The highest BCUT2D eigenvalue weighted by Gasteiger charge is 2.43. The molecule has 0 saturated heterocycles. The van der Waals surface area contributed by atoms with Gasteiger partial charge in [0.15, 0.2) is 0 Å². The van der Waals surface area contributed by atoms with E-state index in [1.807, 2.05) is 6.33 Å². The Balaban J connectivity index is 1.89. The van der Waals surface area contributed by atoms with E-state index in [1.165, 1.54) is 50.6 Å². The molecule has 0 radical (unpaired) electrons. The van der Waals surface area contributed by atoms with Gasteiger partial charge in [-0.25, -0.2) is 4.98 Å². The van der Waals surface area contributed by atoms with Gasteiger partial charge in [-0.3, -0.25) is 0 Å². The van der Waals surface area contributed by atoms with Gasteiger partial charge >= 0.3 is 0 Å². The molecule has 2 aliphatic carbocycles. The Labute approximate surface area is 110 Å². The quantitative estimate of drug-likeness (QED) is 0.888. The maximum atomic E-state index is 6.09. The van der Waals surface area contributed by atoms with Crippen molar-refractivity contribution < 1.29 is 0 Å². The van der Waals surface area contributed by atoms with E-state index in [4.69, 9.17) is 5.73 Å². The molecule has 2 saturated carbocycles. The topological polar surface area (TPSA) is 43.8 Å². The third-order valence-corrected chi connectivity index (χ3v) is 5.11. The minimum absolute atomic E-state index is 0.100. The number of nitrogens with two attached hydrogens (primary N) is 1. The molecule has 0 spiro atoms. The molecule has 0 aromatic carbocycles. The molecular formula is C15H25N3. The first-order chi connectivity index (χ1) is 8.75. The van der Waals surface area contributed by atoms with Gasteiger partial charge in [0.25, 0.3) is 0 Å². The van der Waals surface area contributed by atoms with Crippen LogP contribution in [-0.2, 0) is 5.54 Å². The van der Waals surface area contributed by atoms with Gasteiger partial charge in [-0.05, 0) is 38.5 Å². The van der Waals surface area contributed by atoms with E-state index >= 15 is 0 Å². The number of rotatable bonds is 4. The summed E-state index contributed by atoms with van der Waals surface area (Å²) >= 11 is 0. The smallest absolute Gasteiger partial charge is 0.0953 e. The van der Waals surface area contributed by atoms with E-state index < -0.39 is 0 Å². The van der Waals surface area contributed by atoms with Crippen LogP contribution in [-0.4, -0.2) is 16.1 Å². The average Bonchev–Trinajstić information content (AvgIpc) is 3.16. The summed E-state index contributed by atoms with van der Waals surface area (Å²) in [6, 6.07) is 0. The van der Waals surface area contributed by atoms with E-state index in [0.29, 0.717) is 5.92 Å². The summed E-state index contributed by atoms with van der Waals surface area (Å²) in [6.45, 7) is 3.05. The minimum Gasteiger partial charge on any atom is -0.328 e. The molecule has 18 heavy (non-hydrogen) atoms. The zero-order chi connectivity index (χ0) is 12.6. The fraction of sp³-hybridized carbons (Fsp3) is 0.800. The first kappa shape index (κ1) is 12.2. The maximum absolute atomic E-state index is 6.09. The summed E-state index contributed by atoms with van der Waals surface area (Å²) in [5.74, 6) is 1.48. The van der Waals surface area contributed by atoms with Crippen molar-refractivity contribution >= 4 is 0 Å². The van der Waals surface area contributed by atoms with E-state index in [-0.39, 0.29) is 5.54 Å². The Bertz CT molecular complexity index is 402. The highest BCUT2D eigenvalue weighted by molar-refractivity contribution is 5.13. The fourth-order valence-corrected chi connectivity index (χ4v) is 3.60. The predicted molar refractivity (Wildman–Crippen MR) is 73.5 cm³/mol. The van der Waals surface area contributed by atoms with Crippen molar-refractivity contribution in [1.29, 1.82) is 0 Å². The fourth-order valence-electron chi connectivity index (χ4n) is 3.60. The molecule has 1 unspecified atom stereocenters. The third-order valence-electron chi connectivity index (χ3n) is 5.11. The Morgan fingerprint density at radius 2 is 2.00 bits per heavy atom. The molecular weight excluding hydrogens is 222 g/mol. The Kier molecular flexibility index (Phi) is 3.18. The number of hydrogen-bond donors (Lipinski definition) is 1. The summed E-state index contributed by atoms with van der Waals surface area (Å²) in [7, 11) is 0. The summed E-state index contributed by atoms with van der Waals surface area (Å²) in [5, 5.41) is 0. The summed E-state index contributed by atoms with van der Waals surface area (Å²) in [5.41, 5.74) is 7.63. The van der Waals surface area contributed by atoms with Gasteiger partial charge in [-0.2, -0.15) is 0 Å². The zero-order valence-corrected chi connectivity index (χ0v) is 11.4. The molecule has 2 N–H and O–H groups in total. The van der Waals surface area contributed by atoms with Gasteiger partial charge < -0.3 is 10.3 Å². The minimum atomic E-state index is 0.100. The van der Waals surface area contributed by atoms with Crippen LogP contribution in [0.3, 0.4) is 0 Å². The standard InChI is InChI=1S/C15H25N3/c1-15(10-16,13-7-8-13)18-11-17-9-14(18)12-5-3-2-4-6-12/h9,11-13H,2-8,10,16H2,1H3. The lowest BCUT2D eigenvalue weighted by Gasteiger charge is -2.34. The van der Waals surface area contributed by atoms with Crippen molar-refractivity contribution in [2.45, 2.75) is 63.3 Å². The van der Waals surface area contributed by atoms with Gasteiger partial charge in [-0.15, -0.1) is 0 Å².